The summed E-state index contributed by atoms with van der Waals surface area (Å²) in [5.41, 5.74) is 12.9. The van der Waals surface area contributed by atoms with Crippen LogP contribution in [-0.4, -0.2) is 12.8 Å². The molecule has 0 amide bonds. The molecule has 9 rings (SSSR count). The van der Waals surface area contributed by atoms with E-state index in [2.05, 4.69) is 101 Å². The molecule has 1 saturated carbocycles. The average molecular weight is 464 g/mol. The lowest BCUT2D eigenvalue weighted by Gasteiger charge is -2.43. The van der Waals surface area contributed by atoms with Crippen LogP contribution in [0.3, 0.4) is 0 Å². The quantitative estimate of drug-likeness (QED) is 0.269. The van der Waals surface area contributed by atoms with Crippen molar-refractivity contribution in [2.45, 2.75) is 37.6 Å². The Kier molecular flexibility index (Phi) is 3.67. The highest BCUT2D eigenvalue weighted by Crippen LogP contribution is 2.53. The van der Waals surface area contributed by atoms with Crippen molar-refractivity contribution in [3.05, 3.63) is 96.6 Å². The Labute approximate surface area is 211 Å². The van der Waals surface area contributed by atoms with E-state index >= 15 is 0 Å². The Morgan fingerprint density at radius 1 is 0.722 bits per heavy atom. The molecule has 4 heterocycles. The van der Waals surface area contributed by atoms with Crippen LogP contribution in [0.25, 0.3) is 11.0 Å². The summed E-state index contributed by atoms with van der Waals surface area (Å²) < 4.78 is 6.80. The predicted molar refractivity (Wildman–Crippen MR) is 149 cm³/mol. The third-order valence-electron chi connectivity index (χ3n) is 9.06. The average Bonchev–Trinajstić information content (AvgIpc) is 3.49. The summed E-state index contributed by atoms with van der Waals surface area (Å²) in [6.45, 7) is 0.102. The molecule has 36 heavy (non-hydrogen) atoms. The zero-order chi connectivity index (χ0) is 23.4. The Balaban J connectivity index is 1.41. The number of fused-ring (bicyclic) bond motifs is 9. The molecule has 0 spiro atoms. The number of rotatable bonds is 1. The summed E-state index contributed by atoms with van der Waals surface area (Å²) in [4.78, 5) is 5.17. The van der Waals surface area contributed by atoms with Crippen molar-refractivity contribution >= 4 is 62.7 Å². The van der Waals surface area contributed by atoms with Gasteiger partial charge in [-0.2, -0.15) is 0 Å². The lowest BCUT2D eigenvalue weighted by atomic mass is 9.35. The first kappa shape index (κ1) is 19.3. The molecule has 4 aromatic carbocycles. The highest BCUT2D eigenvalue weighted by molar-refractivity contribution is 6.99. The number of nitrogens with zero attached hydrogens (tertiary/aromatic N) is 2. The van der Waals surface area contributed by atoms with E-state index in [1.807, 2.05) is 0 Å². The Bertz CT molecular complexity index is 1690. The molecule has 0 saturated heterocycles. The van der Waals surface area contributed by atoms with Gasteiger partial charge in [0.05, 0.1) is 11.3 Å². The first-order valence-electron chi connectivity index (χ1n) is 13.3. The zero-order valence-electron chi connectivity index (χ0n) is 20.0. The Hall–Kier alpha value is -3.92. The van der Waals surface area contributed by atoms with Crippen LogP contribution >= 0.6 is 0 Å². The summed E-state index contributed by atoms with van der Waals surface area (Å²) in [5.74, 6) is 0.630. The van der Waals surface area contributed by atoms with E-state index in [0.29, 0.717) is 12.0 Å². The first-order valence-corrected chi connectivity index (χ1v) is 13.3. The van der Waals surface area contributed by atoms with Gasteiger partial charge in [0.15, 0.2) is 0 Å². The highest BCUT2D eigenvalue weighted by atomic mass is 16.3. The largest absolute Gasteiger partial charge is 0.468 e. The predicted octanol–water partition coefficient (Wildman–Crippen LogP) is 6.22. The number of hydrogen-bond acceptors (Lipinski definition) is 3. The second-order valence-corrected chi connectivity index (χ2v) is 10.7. The number of benzene rings is 4. The standard InChI is InChI=1S/C32H25BN2O/c1-2-10-20(11-3-1)34-26-17-9-18-27-29(26)33(32-31(34)23-13-5-7-19-28(23)36-32)24-15-8-14-22-21-12-4-6-16-25(21)35(27)30(22)24/h1-3,5,7-11,13-15,17-19,21,25H,4,6,12,16H2. The van der Waals surface area contributed by atoms with Crippen LogP contribution in [0.2, 0.25) is 0 Å². The minimum atomic E-state index is 0.102. The molecule has 1 aliphatic carbocycles. The van der Waals surface area contributed by atoms with Gasteiger partial charge in [-0.3, -0.25) is 0 Å². The van der Waals surface area contributed by atoms with Crippen LogP contribution in [0.5, 0.6) is 0 Å². The third-order valence-corrected chi connectivity index (χ3v) is 9.06. The van der Waals surface area contributed by atoms with Crippen LogP contribution in [0, 0.1) is 0 Å². The molecular weight excluding hydrogens is 439 g/mol. The van der Waals surface area contributed by atoms with Gasteiger partial charge in [-0.25, -0.2) is 0 Å². The molecule has 172 valence electrons. The van der Waals surface area contributed by atoms with E-state index in [1.165, 1.54) is 70.4 Å². The highest BCUT2D eigenvalue weighted by Gasteiger charge is 2.51. The van der Waals surface area contributed by atoms with Gasteiger partial charge in [-0.1, -0.05) is 67.4 Å². The molecule has 4 aliphatic rings. The van der Waals surface area contributed by atoms with E-state index in [-0.39, 0.29) is 6.71 Å². The van der Waals surface area contributed by atoms with Gasteiger partial charge in [-0.15, -0.1) is 0 Å². The first-order chi connectivity index (χ1) is 17.9. The van der Waals surface area contributed by atoms with Crippen molar-refractivity contribution in [1.82, 2.24) is 0 Å². The minimum Gasteiger partial charge on any atom is -0.468 e. The lowest BCUT2D eigenvalue weighted by molar-refractivity contribution is 0.402. The molecule has 1 fully saturated rings. The molecule has 2 unspecified atom stereocenters. The van der Waals surface area contributed by atoms with Gasteiger partial charge in [0.2, 0.25) is 0 Å². The maximum Gasteiger partial charge on any atom is 0.297 e. The number of anilines is 5. The SMILES string of the molecule is c1ccc(N2c3cccc4c3B(c3cccc5c3N4C3CCCCC53)c3oc4ccccc4c32)cc1. The molecule has 3 aliphatic heterocycles. The van der Waals surface area contributed by atoms with E-state index in [1.54, 1.807) is 5.56 Å². The second-order valence-electron chi connectivity index (χ2n) is 10.7. The summed E-state index contributed by atoms with van der Waals surface area (Å²) in [7, 11) is 0. The topological polar surface area (TPSA) is 19.6 Å². The summed E-state index contributed by atoms with van der Waals surface area (Å²) >= 11 is 0. The van der Waals surface area contributed by atoms with Gasteiger partial charge in [0.1, 0.15) is 5.58 Å². The van der Waals surface area contributed by atoms with Crippen molar-refractivity contribution < 1.29 is 4.42 Å². The summed E-state index contributed by atoms with van der Waals surface area (Å²) in [6.07, 6.45) is 5.22. The normalized spacial score (nSPS) is 20.7. The third kappa shape index (κ3) is 2.26. The second kappa shape index (κ2) is 6.85. The Morgan fingerprint density at radius 3 is 2.47 bits per heavy atom. The molecular formula is C32H25BN2O. The minimum absolute atomic E-state index is 0.102. The summed E-state index contributed by atoms with van der Waals surface area (Å²) in [5, 5.41) is 1.18. The Morgan fingerprint density at radius 2 is 1.53 bits per heavy atom. The number of para-hydroxylation sites is 3. The van der Waals surface area contributed by atoms with Gasteiger partial charge in [-0.05, 0) is 65.7 Å². The van der Waals surface area contributed by atoms with Crippen molar-refractivity contribution in [3.63, 3.8) is 0 Å². The molecule has 1 aromatic heterocycles. The maximum absolute atomic E-state index is 6.80. The fraction of sp³-hybridized carbons (Fsp3) is 0.188. The van der Waals surface area contributed by atoms with Crippen molar-refractivity contribution in [3.8, 4) is 0 Å². The number of hydrogen-bond donors (Lipinski definition) is 0. The maximum atomic E-state index is 6.80. The summed E-state index contributed by atoms with van der Waals surface area (Å²) in [6, 6.07) is 33.9. The van der Waals surface area contributed by atoms with Crippen LogP contribution in [0.4, 0.5) is 28.4 Å². The number of furan rings is 1. The van der Waals surface area contributed by atoms with Crippen LogP contribution in [-0.2, 0) is 0 Å². The molecule has 5 aromatic rings. The van der Waals surface area contributed by atoms with E-state index < -0.39 is 0 Å². The van der Waals surface area contributed by atoms with Gasteiger partial charge in [0, 0.05) is 40.1 Å². The zero-order valence-corrected chi connectivity index (χ0v) is 20.0. The van der Waals surface area contributed by atoms with Crippen LogP contribution < -0.4 is 26.4 Å². The molecule has 0 N–H and O–H groups in total. The van der Waals surface area contributed by atoms with Crippen molar-refractivity contribution in [2.24, 2.45) is 0 Å². The van der Waals surface area contributed by atoms with E-state index in [0.717, 1.165) is 11.2 Å². The fourth-order valence-electron chi connectivity index (χ4n) is 7.75. The molecule has 4 heteroatoms. The molecule has 2 atom stereocenters. The van der Waals surface area contributed by atoms with Crippen LogP contribution in [0.1, 0.15) is 37.2 Å². The van der Waals surface area contributed by atoms with Crippen molar-refractivity contribution in [1.29, 1.82) is 0 Å². The van der Waals surface area contributed by atoms with Gasteiger partial charge < -0.3 is 14.2 Å². The molecule has 3 nitrogen and oxygen atoms in total. The fourth-order valence-corrected chi connectivity index (χ4v) is 7.75. The van der Waals surface area contributed by atoms with Crippen molar-refractivity contribution in [2.75, 3.05) is 9.80 Å². The van der Waals surface area contributed by atoms with E-state index in [4.69, 9.17) is 4.42 Å². The molecule has 0 radical (unpaired) electrons. The van der Waals surface area contributed by atoms with E-state index in [9.17, 15) is 0 Å². The lowest BCUT2D eigenvalue weighted by Crippen LogP contribution is -2.61. The van der Waals surface area contributed by atoms with Crippen LogP contribution in [0.15, 0.2) is 95.4 Å². The van der Waals surface area contributed by atoms with Gasteiger partial charge in [0.25, 0.3) is 6.71 Å². The monoisotopic (exact) mass is 464 g/mol. The smallest absolute Gasteiger partial charge is 0.297 e. The molecule has 0 bridgehead atoms. The van der Waals surface area contributed by atoms with Gasteiger partial charge >= 0.3 is 0 Å².